The van der Waals surface area contributed by atoms with Crippen LogP contribution in [0.15, 0.2) is 54.7 Å². The number of carbonyl (C=O) groups is 1. The predicted molar refractivity (Wildman–Crippen MR) is 104 cm³/mol. The fourth-order valence-electron chi connectivity index (χ4n) is 3.28. The standard InChI is InChI=1S/C21H27N3O4/c1-24(14-15-7-3-2-4-8-15)19(25)11-17-20(26)21(27)18(28-17)13-22-12-16-9-5-6-10-23-16/h2-10,17-18,20-22,26-27H,11-14H2,1H3/t17-,18-,20+,21-/m1/s1. The molecule has 1 aliphatic rings. The monoisotopic (exact) mass is 385 g/mol. The second-order valence-electron chi connectivity index (χ2n) is 7.09. The number of carbonyl (C=O) groups excluding carboxylic acids is 1. The summed E-state index contributed by atoms with van der Waals surface area (Å²) in [7, 11) is 1.72. The number of aliphatic hydroxyl groups excluding tert-OH is 2. The van der Waals surface area contributed by atoms with Crippen LogP contribution in [-0.2, 0) is 22.6 Å². The third kappa shape index (κ3) is 5.36. The molecule has 3 rings (SSSR count). The number of hydrogen-bond acceptors (Lipinski definition) is 6. The first-order valence-electron chi connectivity index (χ1n) is 9.44. The summed E-state index contributed by atoms with van der Waals surface area (Å²) in [6, 6.07) is 15.3. The van der Waals surface area contributed by atoms with Crippen molar-refractivity contribution in [1.82, 2.24) is 15.2 Å². The molecule has 1 amide bonds. The highest BCUT2D eigenvalue weighted by Crippen LogP contribution is 2.24. The molecule has 0 spiro atoms. The van der Waals surface area contributed by atoms with Crippen molar-refractivity contribution in [3.05, 3.63) is 66.0 Å². The fraction of sp³-hybridized carbons (Fsp3) is 0.429. The number of pyridine rings is 1. The van der Waals surface area contributed by atoms with Gasteiger partial charge in [-0.2, -0.15) is 0 Å². The molecular weight excluding hydrogens is 358 g/mol. The largest absolute Gasteiger partial charge is 0.388 e. The van der Waals surface area contributed by atoms with Crippen molar-refractivity contribution >= 4 is 5.91 Å². The Labute approximate surface area is 165 Å². The highest BCUT2D eigenvalue weighted by molar-refractivity contribution is 5.76. The highest BCUT2D eigenvalue weighted by Gasteiger charge is 2.43. The van der Waals surface area contributed by atoms with E-state index < -0.39 is 24.4 Å². The quantitative estimate of drug-likeness (QED) is 0.620. The third-order valence-electron chi connectivity index (χ3n) is 4.90. The van der Waals surface area contributed by atoms with Gasteiger partial charge in [-0.05, 0) is 17.7 Å². The van der Waals surface area contributed by atoms with Gasteiger partial charge in [-0.15, -0.1) is 0 Å². The van der Waals surface area contributed by atoms with Crippen LogP contribution in [0.5, 0.6) is 0 Å². The van der Waals surface area contributed by atoms with Crippen molar-refractivity contribution < 1.29 is 19.7 Å². The summed E-state index contributed by atoms with van der Waals surface area (Å²) >= 11 is 0. The molecule has 2 heterocycles. The smallest absolute Gasteiger partial charge is 0.225 e. The molecule has 1 fully saturated rings. The summed E-state index contributed by atoms with van der Waals surface area (Å²) in [4.78, 5) is 18.3. The van der Waals surface area contributed by atoms with Crippen molar-refractivity contribution in [3.8, 4) is 0 Å². The summed E-state index contributed by atoms with van der Waals surface area (Å²) in [6.07, 6.45) is -1.67. The second-order valence-corrected chi connectivity index (χ2v) is 7.09. The predicted octanol–water partition coefficient (Wildman–Crippen LogP) is 0.709. The van der Waals surface area contributed by atoms with Gasteiger partial charge >= 0.3 is 0 Å². The van der Waals surface area contributed by atoms with Crippen LogP contribution in [0.4, 0.5) is 0 Å². The van der Waals surface area contributed by atoms with Gasteiger partial charge in [0.25, 0.3) is 0 Å². The number of hydrogen-bond donors (Lipinski definition) is 3. The molecule has 1 aromatic carbocycles. The Bertz CT molecular complexity index is 744. The molecule has 1 aliphatic heterocycles. The van der Waals surface area contributed by atoms with Crippen molar-refractivity contribution in [3.63, 3.8) is 0 Å². The minimum Gasteiger partial charge on any atom is -0.388 e. The van der Waals surface area contributed by atoms with E-state index >= 15 is 0 Å². The number of ether oxygens (including phenoxy) is 1. The van der Waals surface area contributed by atoms with Crippen molar-refractivity contribution in [2.75, 3.05) is 13.6 Å². The number of aromatic nitrogens is 1. The molecule has 3 N–H and O–H groups in total. The van der Waals surface area contributed by atoms with E-state index in [2.05, 4.69) is 10.3 Å². The van der Waals surface area contributed by atoms with Gasteiger partial charge in [0.15, 0.2) is 0 Å². The molecule has 28 heavy (non-hydrogen) atoms. The maximum absolute atomic E-state index is 12.5. The Morgan fingerprint density at radius 1 is 1.11 bits per heavy atom. The maximum atomic E-state index is 12.5. The molecule has 4 atom stereocenters. The lowest BCUT2D eigenvalue weighted by atomic mass is 10.0. The third-order valence-corrected chi connectivity index (χ3v) is 4.90. The molecule has 0 aliphatic carbocycles. The van der Waals surface area contributed by atoms with E-state index in [1.165, 1.54) is 0 Å². The van der Waals surface area contributed by atoms with Crippen LogP contribution in [0.1, 0.15) is 17.7 Å². The Kier molecular flexibility index (Phi) is 7.11. The van der Waals surface area contributed by atoms with Crippen molar-refractivity contribution in [2.45, 2.75) is 43.9 Å². The lowest BCUT2D eigenvalue weighted by Gasteiger charge is -2.21. The van der Waals surface area contributed by atoms with Crippen molar-refractivity contribution in [2.24, 2.45) is 0 Å². The molecule has 1 aromatic heterocycles. The summed E-state index contributed by atoms with van der Waals surface area (Å²) in [5, 5.41) is 23.7. The van der Waals surface area contributed by atoms with Crippen LogP contribution in [0.25, 0.3) is 0 Å². The summed E-state index contributed by atoms with van der Waals surface area (Å²) in [5.74, 6) is -0.137. The van der Waals surface area contributed by atoms with E-state index in [-0.39, 0.29) is 12.3 Å². The molecule has 0 radical (unpaired) electrons. The lowest BCUT2D eigenvalue weighted by molar-refractivity contribution is -0.134. The van der Waals surface area contributed by atoms with Crippen LogP contribution >= 0.6 is 0 Å². The zero-order valence-electron chi connectivity index (χ0n) is 15.9. The average Bonchev–Trinajstić information content (AvgIpc) is 2.97. The Hall–Kier alpha value is -2.32. The van der Waals surface area contributed by atoms with E-state index in [1.54, 1.807) is 18.1 Å². The van der Waals surface area contributed by atoms with Gasteiger partial charge in [-0.1, -0.05) is 36.4 Å². The average molecular weight is 385 g/mol. The molecule has 0 saturated carbocycles. The Morgan fingerprint density at radius 3 is 2.54 bits per heavy atom. The van der Waals surface area contributed by atoms with Crippen LogP contribution in [-0.4, -0.2) is 64.0 Å². The topological polar surface area (TPSA) is 94.9 Å². The number of amides is 1. The van der Waals surface area contributed by atoms with Gasteiger partial charge in [0.05, 0.1) is 24.3 Å². The highest BCUT2D eigenvalue weighted by atomic mass is 16.5. The van der Waals surface area contributed by atoms with Crippen LogP contribution in [0.3, 0.4) is 0 Å². The first-order chi connectivity index (χ1) is 13.5. The van der Waals surface area contributed by atoms with Gasteiger partial charge in [0, 0.05) is 32.9 Å². The van der Waals surface area contributed by atoms with E-state index in [0.717, 1.165) is 11.3 Å². The molecule has 2 aromatic rings. The fourth-order valence-corrected chi connectivity index (χ4v) is 3.28. The molecule has 7 heteroatoms. The number of aliphatic hydroxyl groups is 2. The molecule has 7 nitrogen and oxygen atoms in total. The SMILES string of the molecule is CN(Cc1ccccc1)C(=O)C[C@H]1O[C@H](CNCc2ccccn2)[C@@H](O)[C@H]1O. The van der Waals surface area contributed by atoms with E-state index in [4.69, 9.17) is 4.74 Å². The van der Waals surface area contributed by atoms with Crippen LogP contribution in [0.2, 0.25) is 0 Å². The zero-order chi connectivity index (χ0) is 19.9. The number of benzene rings is 1. The molecule has 0 bridgehead atoms. The Balaban J connectivity index is 1.47. The lowest BCUT2D eigenvalue weighted by Crippen LogP contribution is -2.38. The van der Waals surface area contributed by atoms with E-state index in [1.807, 2.05) is 48.5 Å². The van der Waals surface area contributed by atoms with Crippen LogP contribution < -0.4 is 5.32 Å². The van der Waals surface area contributed by atoms with Gasteiger partial charge < -0.3 is 25.2 Å². The van der Waals surface area contributed by atoms with Gasteiger partial charge in [0.2, 0.25) is 5.91 Å². The molecule has 0 unspecified atom stereocenters. The van der Waals surface area contributed by atoms with Gasteiger partial charge in [0.1, 0.15) is 12.2 Å². The maximum Gasteiger partial charge on any atom is 0.225 e. The van der Waals surface area contributed by atoms with E-state index in [0.29, 0.717) is 19.6 Å². The number of nitrogens with zero attached hydrogens (tertiary/aromatic N) is 2. The second kappa shape index (κ2) is 9.75. The Morgan fingerprint density at radius 2 is 1.82 bits per heavy atom. The number of rotatable bonds is 8. The summed E-state index contributed by atoms with van der Waals surface area (Å²) in [5.41, 5.74) is 1.91. The minimum atomic E-state index is -1.09. The molecule has 1 saturated heterocycles. The summed E-state index contributed by atoms with van der Waals surface area (Å²) < 4.78 is 5.76. The first kappa shape index (κ1) is 20.4. The molecule has 150 valence electrons. The van der Waals surface area contributed by atoms with Crippen LogP contribution in [0, 0.1) is 0 Å². The summed E-state index contributed by atoms with van der Waals surface area (Å²) in [6.45, 7) is 1.38. The zero-order valence-corrected chi connectivity index (χ0v) is 15.9. The van der Waals surface area contributed by atoms with Crippen molar-refractivity contribution in [1.29, 1.82) is 0 Å². The minimum absolute atomic E-state index is 0.0261. The van der Waals surface area contributed by atoms with E-state index in [9.17, 15) is 15.0 Å². The normalized spacial score (nSPS) is 24.2. The molecular formula is C21H27N3O4. The number of nitrogens with one attached hydrogen (secondary N) is 1. The first-order valence-corrected chi connectivity index (χ1v) is 9.44. The van der Waals surface area contributed by atoms with Gasteiger partial charge in [-0.3, -0.25) is 9.78 Å². The van der Waals surface area contributed by atoms with Gasteiger partial charge in [-0.25, -0.2) is 0 Å².